The van der Waals surface area contributed by atoms with Crippen molar-refractivity contribution in [1.82, 2.24) is 10.3 Å². The van der Waals surface area contributed by atoms with Crippen LogP contribution >= 0.6 is 0 Å². The molecule has 1 unspecified atom stereocenters. The summed E-state index contributed by atoms with van der Waals surface area (Å²) in [7, 11) is 0. The molecule has 0 spiro atoms. The van der Waals surface area contributed by atoms with E-state index in [4.69, 9.17) is 11.6 Å². The van der Waals surface area contributed by atoms with Crippen LogP contribution in [0.4, 0.5) is 4.79 Å². The van der Waals surface area contributed by atoms with Crippen molar-refractivity contribution in [3.05, 3.63) is 0 Å². The minimum atomic E-state index is -0.503. The SMILES string of the molecule is NNC(=O)N1CCCCC1C(N)=O. The van der Waals surface area contributed by atoms with Gasteiger partial charge < -0.3 is 10.6 Å². The van der Waals surface area contributed by atoms with E-state index in [1.807, 2.05) is 5.43 Å². The first-order chi connectivity index (χ1) is 6.16. The van der Waals surface area contributed by atoms with Gasteiger partial charge >= 0.3 is 6.03 Å². The van der Waals surface area contributed by atoms with Crippen molar-refractivity contribution in [3.8, 4) is 0 Å². The van der Waals surface area contributed by atoms with Crippen LogP contribution < -0.4 is 17.0 Å². The quantitative estimate of drug-likeness (QED) is 0.275. The highest BCUT2D eigenvalue weighted by Crippen LogP contribution is 2.16. The summed E-state index contributed by atoms with van der Waals surface area (Å²) in [4.78, 5) is 23.5. The Balaban J connectivity index is 2.67. The zero-order valence-corrected chi connectivity index (χ0v) is 7.32. The highest BCUT2D eigenvalue weighted by molar-refractivity contribution is 5.85. The van der Waals surface area contributed by atoms with Crippen molar-refractivity contribution in [2.24, 2.45) is 11.6 Å². The van der Waals surface area contributed by atoms with Gasteiger partial charge in [0, 0.05) is 6.54 Å². The number of piperidine rings is 1. The van der Waals surface area contributed by atoms with Gasteiger partial charge in [0.1, 0.15) is 6.04 Å². The molecule has 6 heteroatoms. The molecule has 1 heterocycles. The normalized spacial score (nSPS) is 22.5. The first kappa shape index (κ1) is 9.79. The number of likely N-dealkylation sites (tertiary alicyclic amines) is 1. The van der Waals surface area contributed by atoms with Crippen LogP contribution in [0.25, 0.3) is 0 Å². The Morgan fingerprint density at radius 3 is 2.62 bits per heavy atom. The Morgan fingerprint density at radius 2 is 2.08 bits per heavy atom. The Hall–Kier alpha value is -1.30. The lowest BCUT2D eigenvalue weighted by molar-refractivity contribution is -0.123. The predicted octanol–water partition coefficient (Wildman–Crippen LogP) is -1.09. The first-order valence-electron chi connectivity index (χ1n) is 4.23. The fourth-order valence-electron chi connectivity index (χ4n) is 1.55. The molecule has 0 bridgehead atoms. The lowest BCUT2D eigenvalue weighted by atomic mass is 10.0. The van der Waals surface area contributed by atoms with Gasteiger partial charge in [-0.05, 0) is 19.3 Å². The number of rotatable bonds is 1. The molecule has 74 valence electrons. The van der Waals surface area contributed by atoms with Crippen molar-refractivity contribution in [2.75, 3.05) is 6.54 Å². The molecule has 1 aliphatic rings. The molecule has 3 amide bonds. The maximum absolute atomic E-state index is 11.2. The molecule has 1 rings (SSSR count). The smallest absolute Gasteiger partial charge is 0.332 e. The van der Waals surface area contributed by atoms with Gasteiger partial charge in [0.2, 0.25) is 5.91 Å². The number of hydrazine groups is 1. The molecule has 0 aromatic rings. The molecule has 1 atom stereocenters. The second-order valence-corrected chi connectivity index (χ2v) is 3.06. The summed E-state index contributed by atoms with van der Waals surface area (Å²) in [5.74, 6) is 4.50. The van der Waals surface area contributed by atoms with Crippen LogP contribution in [0.3, 0.4) is 0 Å². The van der Waals surface area contributed by atoms with Crippen molar-refractivity contribution in [1.29, 1.82) is 0 Å². The van der Waals surface area contributed by atoms with Crippen LogP contribution in [0.5, 0.6) is 0 Å². The van der Waals surface area contributed by atoms with E-state index in [2.05, 4.69) is 0 Å². The number of urea groups is 1. The summed E-state index contributed by atoms with van der Waals surface area (Å²) in [6, 6.07) is -0.944. The summed E-state index contributed by atoms with van der Waals surface area (Å²) in [5.41, 5.74) is 7.15. The Labute approximate surface area is 76.2 Å². The van der Waals surface area contributed by atoms with E-state index in [1.165, 1.54) is 4.90 Å². The number of hydrogen-bond acceptors (Lipinski definition) is 3. The van der Waals surface area contributed by atoms with Crippen molar-refractivity contribution < 1.29 is 9.59 Å². The average molecular weight is 186 g/mol. The highest BCUT2D eigenvalue weighted by atomic mass is 16.2. The minimum absolute atomic E-state index is 0.441. The molecule has 6 nitrogen and oxygen atoms in total. The van der Waals surface area contributed by atoms with Crippen molar-refractivity contribution in [3.63, 3.8) is 0 Å². The van der Waals surface area contributed by atoms with Gasteiger partial charge in [-0.15, -0.1) is 0 Å². The lowest BCUT2D eigenvalue weighted by Gasteiger charge is -2.32. The van der Waals surface area contributed by atoms with E-state index in [9.17, 15) is 9.59 Å². The molecule has 0 aliphatic carbocycles. The number of nitrogens with one attached hydrogen (secondary N) is 1. The van der Waals surface area contributed by atoms with Gasteiger partial charge in [-0.2, -0.15) is 0 Å². The van der Waals surface area contributed by atoms with E-state index in [0.717, 1.165) is 12.8 Å². The summed E-state index contributed by atoms with van der Waals surface area (Å²) in [5, 5.41) is 0. The van der Waals surface area contributed by atoms with Crippen LogP contribution in [0.1, 0.15) is 19.3 Å². The third-order valence-electron chi connectivity index (χ3n) is 2.22. The van der Waals surface area contributed by atoms with Gasteiger partial charge in [-0.3, -0.25) is 10.2 Å². The summed E-state index contributed by atoms with van der Waals surface area (Å²) in [6.07, 6.45) is 2.43. The third kappa shape index (κ3) is 2.09. The van der Waals surface area contributed by atoms with Crippen LogP contribution in [0, 0.1) is 0 Å². The molecule has 0 saturated carbocycles. The Kier molecular flexibility index (Phi) is 3.07. The van der Waals surface area contributed by atoms with Gasteiger partial charge in [0.15, 0.2) is 0 Å². The lowest BCUT2D eigenvalue weighted by Crippen LogP contribution is -2.55. The molecule has 5 N–H and O–H groups in total. The number of nitrogens with zero attached hydrogens (tertiary/aromatic N) is 1. The number of carbonyl (C=O) groups is 2. The second kappa shape index (κ2) is 4.08. The minimum Gasteiger partial charge on any atom is -0.368 e. The van der Waals surface area contributed by atoms with Crippen LogP contribution in [0.15, 0.2) is 0 Å². The predicted molar refractivity (Wildman–Crippen MR) is 46.3 cm³/mol. The zero-order chi connectivity index (χ0) is 9.84. The third-order valence-corrected chi connectivity index (χ3v) is 2.22. The van der Waals surface area contributed by atoms with Gasteiger partial charge in [-0.25, -0.2) is 10.6 Å². The molecule has 1 aliphatic heterocycles. The molecule has 1 fully saturated rings. The summed E-state index contributed by atoms with van der Waals surface area (Å²) < 4.78 is 0. The van der Waals surface area contributed by atoms with Crippen LogP contribution in [-0.2, 0) is 4.79 Å². The Morgan fingerprint density at radius 1 is 1.38 bits per heavy atom. The fourth-order valence-corrected chi connectivity index (χ4v) is 1.55. The van der Waals surface area contributed by atoms with Gasteiger partial charge in [-0.1, -0.05) is 0 Å². The van der Waals surface area contributed by atoms with E-state index in [0.29, 0.717) is 13.0 Å². The van der Waals surface area contributed by atoms with Crippen molar-refractivity contribution >= 4 is 11.9 Å². The molecular formula is C7H14N4O2. The number of hydrogen-bond donors (Lipinski definition) is 3. The second-order valence-electron chi connectivity index (χ2n) is 3.06. The topological polar surface area (TPSA) is 101 Å². The van der Waals surface area contributed by atoms with Crippen LogP contribution in [-0.4, -0.2) is 29.4 Å². The maximum Gasteiger partial charge on any atom is 0.332 e. The summed E-state index contributed by atoms with van der Waals surface area (Å²) >= 11 is 0. The van der Waals surface area contributed by atoms with E-state index >= 15 is 0 Å². The average Bonchev–Trinajstić information content (AvgIpc) is 2.16. The maximum atomic E-state index is 11.2. The highest BCUT2D eigenvalue weighted by Gasteiger charge is 2.29. The van der Waals surface area contributed by atoms with Gasteiger partial charge in [0.25, 0.3) is 0 Å². The summed E-state index contributed by atoms with van der Waals surface area (Å²) in [6.45, 7) is 0.538. The van der Waals surface area contributed by atoms with E-state index < -0.39 is 18.0 Å². The van der Waals surface area contributed by atoms with Crippen molar-refractivity contribution in [2.45, 2.75) is 25.3 Å². The Bertz CT molecular complexity index is 219. The van der Waals surface area contributed by atoms with Crippen LogP contribution in [0.2, 0.25) is 0 Å². The largest absolute Gasteiger partial charge is 0.368 e. The standard InChI is InChI=1S/C7H14N4O2/c8-6(12)5-3-1-2-4-11(5)7(13)10-9/h5H,1-4,9H2,(H2,8,12)(H,10,13). The zero-order valence-electron chi connectivity index (χ0n) is 7.32. The number of carbonyl (C=O) groups excluding carboxylic acids is 2. The molecule has 0 aromatic heterocycles. The number of amides is 3. The molecule has 0 aromatic carbocycles. The van der Waals surface area contributed by atoms with E-state index in [1.54, 1.807) is 0 Å². The molecule has 1 saturated heterocycles. The van der Waals surface area contributed by atoms with E-state index in [-0.39, 0.29) is 0 Å². The molecule has 13 heavy (non-hydrogen) atoms. The number of primary amides is 1. The molecule has 0 radical (unpaired) electrons. The first-order valence-corrected chi connectivity index (χ1v) is 4.23. The molecular weight excluding hydrogens is 172 g/mol. The van der Waals surface area contributed by atoms with Gasteiger partial charge in [0.05, 0.1) is 0 Å². The number of nitrogens with two attached hydrogens (primary N) is 2. The monoisotopic (exact) mass is 186 g/mol. The fraction of sp³-hybridized carbons (Fsp3) is 0.714.